The highest BCUT2D eigenvalue weighted by Crippen LogP contribution is 1.76. The molecule has 0 saturated carbocycles. The van der Waals surface area contributed by atoms with E-state index >= 15 is 0 Å². The highest BCUT2D eigenvalue weighted by atomic mass is 35.5. The van der Waals surface area contributed by atoms with E-state index in [0.717, 1.165) is 0 Å². The number of carbonyl (C=O) groups is 1. The van der Waals surface area contributed by atoms with E-state index in [1.165, 1.54) is 18.5 Å². The molecule has 0 bridgehead atoms. The maximum atomic E-state index is 10.1. The zero-order valence-electron chi connectivity index (χ0n) is 5.56. The molecule has 54 valence electrons. The fraction of sp³-hybridized carbons (Fsp3) is 0.286. The van der Waals surface area contributed by atoms with E-state index in [0.29, 0.717) is 0 Å². The van der Waals surface area contributed by atoms with E-state index in [4.69, 9.17) is 11.6 Å². The molecular formula is C7H7ClO2. The molecule has 2 nitrogen and oxygen atoms in total. The second-order valence-electron chi connectivity index (χ2n) is 1.39. The Morgan fingerprint density at radius 1 is 1.80 bits per heavy atom. The number of esters is 1. The third-order valence-electron chi connectivity index (χ3n) is 0.596. The summed E-state index contributed by atoms with van der Waals surface area (Å²) < 4.78 is 4.50. The fourth-order valence-electron chi connectivity index (χ4n) is 0.270. The minimum Gasteiger partial charge on any atom is -0.453 e. The van der Waals surface area contributed by atoms with Gasteiger partial charge < -0.3 is 4.74 Å². The van der Waals surface area contributed by atoms with Gasteiger partial charge in [0.15, 0.2) is 6.61 Å². The summed E-state index contributed by atoms with van der Waals surface area (Å²) in [6, 6.07) is 0. The number of rotatable bonds is 1. The Morgan fingerprint density at radius 3 is 3.00 bits per heavy atom. The summed E-state index contributed by atoms with van der Waals surface area (Å²) in [4.78, 5) is 10.1. The lowest BCUT2D eigenvalue weighted by Crippen LogP contribution is -1.97. The largest absolute Gasteiger partial charge is 0.453 e. The minimum absolute atomic E-state index is 0.122. The SMILES string of the molecule is CC(=O)OCC#C/C=C\Cl. The Bertz CT molecular complexity index is 186. The molecule has 0 aliphatic rings. The van der Waals surface area contributed by atoms with Crippen LogP contribution in [0.1, 0.15) is 6.92 Å². The van der Waals surface area contributed by atoms with Crippen LogP contribution in [-0.2, 0) is 9.53 Å². The molecule has 0 heterocycles. The van der Waals surface area contributed by atoms with E-state index in [9.17, 15) is 4.79 Å². The molecule has 0 unspecified atom stereocenters. The second-order valence-corrected chi connectivity index (χ2v) is 1.65. The lowest BCUT2D eigenvalue weighted by molar-refractivity contribution is -0.139. The Kier molecular flexibility index (Phi) is 5.60. The number of hydrogen-bond acceptors (Lipinski definition) is 2. The Labute approximate surface area is 64.8 Å². The van der Waals surface area contributed by atoms with E-state index in [1.807, 2.05) is 0 Å². The van der Waals surface area contributed by atoms with Crippen LogP contribution in [0.4, 0.5) is 0 Å². The molecule has 0 aromatic heterocycles. The molecule has 0 saturated heterocycles. The topological polar surface area (TPSA) is 26.3 Å². The van der Waals surface area contributed by atoms with Crippen LogP contribution >= 0.6 is 11.6 Å². The first-order valence-electron chi connectivity index (χ1n) is 2.64. The minimum atomic E-state index is -0.329. The van der Waals surface area contributed by atoms with Crippen LogP contribution in [0.25, 0.3) is 0 Å². The third-order valence-corrected chi connectivity index (χ3v) is 0.722. The first-order valence-corrected chi connectivity index (χ1v) is 3.08. The van der Waals surface area contributed by atoms with Crippen LogP contribution in [0.3, 0.4) is 0 Å². The average Bonchev–Trinajstić information content (AvgIpc) is 1.87. The van der Waals surface area contributed by atoms with E-state index < -0.39 is 0 Å². The summed E-state index contributed by atoms with van der Waals surface area (Å²) in [6.07, 6.45) is 1.46. The summed E-state index contributed by atoms with van der Waals surface area (Å²) >= 11 is 5.15. The molecule has 3 heteroatoms. The van der Waals surface area contributed by atoms with Gasteiger partial charge in [0, 0.05) is 12.5 Å². The molecule has 0 radical (unpaired) electrons. The monoisotopic (exact) mass is 158 g/mol. The van der Waals surface area contributed by atoms with Gasteiger partial charge in [-0.05, 0) is 6.08 Å². The number of allylic oxidation sites excluding steroid dienone is 1. The van der Waals surface area contributed by atoms with E-state index in [1.54, 1.807) is 0 Å². The number of hydrogen-bond donors (Lipinski definition) is 0. The van der Waals surface area contributed by atoms with Crippen molar-refractivity contribution in [2.45, 2.75) is 6.92 Å². The zero-order chi connectivity index (χ0) is 7.82. The molecule has 10 heavy (non-hydrogen) atoms. The Balaban J connectivity index is 3.38. The molecule has 0 aromatic rings. The normalized spacial score (nSPS) is 8.60. The van der Waals surface area contributed by atoms with Crippen LogP contribution < -0.4 is 0 Å². The van der Waals surface area contributed by atoms with Gasteiger partial charge in [0.25, 0.3) is 0 Å². The van der Waals surface area contributed by atoms with Crippen molar-refractivity contribution in [2.24, 2.45) is 0 Å². The number of halogens is 1. The van der Waals surface area contributed by atoms with Gasteiger partial charge in [-0.2, -0.15) is 0 Å². The van der Waals surface area contributed by atoms with Crippen LogP contribution in [0.15, 0.2) is 11.6 Å². The van der Waals surface area contributed by atoms with Crippen molar-refractivity contribution >= 4 is 17.6 Å². The van der Waals surface area contributed by atoms with Crippen LogP contribution in [0.2, 0.25) is 0 Å². The van der Waals surface area contributed by atoms with E-state index in [2.05, 4.69) is 16.6 Å². The molecule has 0 aliphatic carbocycles. The molecule has 0 spiro atoms. The third kappa shape index (κ3) is 7.06. The lowest BCUT2D eigenvalue weighted by atomic mass is 10.6. The first kappa shape index (κ1) is 9.06. The first-order chi connectivity index (χ1) is 4.77. The number of carbonyl (C=O) groups excluding carboxylic acids is 1. The van der Waals surface area contributed by atoms with Crippen molar-refractivity contribution in [3.8, 4) is 11.8 Å². The summed E-state index contributed by atoms with van der Waals surface area (Å²) in [5.74, 6) is 4.77. The highest BCUT2D eigenvalue weighted by Gasteiger charge is 1.84. The van der Waals surface area contributed by atoms with Gasteiger partial charge in [0.1, 0.15) is 0 Å². The predicted octanol–water partition coefficient (Wildman–Crippen LogP) is 1.31. The van der Waals surface area contributed by atoms with Gasteiger partial charge in [-0.15, -0.1) is 0 Å². The highest BCUT2D eigenvalue weighted by molar-refractivity contribution is 6.25. The molecule has 0 N–H and O–H groups in total. The van der Waals surface area contributed by atoms with Gasteiger partial charge in [-0.3, -0.25) is 4.79 Å². The van der Waals surface area contributed by atoms with Gasteiger partial charge in [0.2, 0.25) is 0 Å². The molecule has 0 aromatic carbocycles. The average molecular weight is 159 g/mol. The molecule has 0 fully saturated rings. The van der Waals surface area contributed by atoms with Crippen molar-refractivity contribution in [3.63, 3.8) is 0 Å². The Hall–Kier alpha value is -0.940. The van der Waals surface area contributed by atoms with Crippen LogP contribution in [-0.4, -0.2) is 12.6 Å². The van der Waals surface area contributed by atoms with Crippen molar-refractivity contribution in [3.05, 3.63) is 11.6 Å². The molecule has 0 amide bonds. The van der Waals surface area contributed by atoms with Crippen molar-refractivity contribution in [2.75, 3.05) is 6.61 Å². The molecule has 0 aliphatic heterocycles. The molecular weight excluding hydrogens is 152 g/mol. The van der Waals surface area contributed by atoms with Crippen molar-refractivity contribution in [1.29, 1.82) is 0 Å². The standard InChI is InChI=1S/C7H7ClO2/c1-7(9)10-6-4-2-3-5-8/h3,5H,6H2,1H3/b5-3-. The van der Waals surface area contributed by atoms with Crippen molar-refractivity contribution < 1.29 is 9.53 Å². The summed E-state index contributed by atoms with van der Waals surface area (Å²) in [5.41, 5.74) is 1.29. The fourth-order valence-corrected chi connectivity index (χ4v) is 0.333. The van der Waals surface area contributed by atoms with Gasteiger partial charge >= 0.3 is 5.97 Å². The van der Waals surface area contributed by atoms with Gasteiger partial charge in [0.05, 0.1) is 0 Å². The van der Waals surface area contributed by atoms with Gasteiger partial charge in [-0.1, -0.05) is 23.4 Å². The second kappa shape index (κ2) is 6.18. The van der Waals surface area contributed by atoms with Crippen LogP contribution in [0, 0.1) is 11.8 Å². The Morgan fingerprint density at radius 2 is 2.50 bits per heavy atom. The summed E-state index contributed by atoms with van der Waals surface area (Å²) in [6.45, 7) is 1.45. The molecule has 0 atom stereocenters. The smallest absolute Gasteiger partial charge is 0.303 e. The van der Waals surface area contributed by atoms with E-state index in [-0.39, 0.29) is 12.6 Å². The van der Waals surface area contributed by atoms with Crippen LogP contribution in [0.5, 0.6) is 0 Å². The lowest BCUT2D eigenvalue weighted by Gasteiger charge is -1.89. The predicted molar refractivity (Wildman–Crippen MR) is 39.4 cm³/mol. The summed E-state index contributed by atoms with van der Waals surface area (Å²) in [5, 5.41) is 0. The number of ether oxygens (including phenoxy) is 1. The zero-order valence-corrected chi connectivity index (χ0v) is 6.31. The van der Waals surface area contributed by atoms with Gasteiger partial charge in [-0.25, -0.2) is 0 Å². The summed E-state index contributed by atoms with van der Waals surface area (Å²) in [7, 11) is 0. The maximum absolute atomic E-state index is 10.1. The van der Waals surface area contributed by atoms with Crippen molar-refractivity contribution in [1.82, 2.24) is 0 Å². The molecule has 0 rings (SSSR count). The quantitative estimate of drug-likeness (QED) is 0.425. The maximum Gasteiger partial charge on any atom is 0.303 e.